The minimum atomic E-state index is -0.314. The van der Waals surface area contributed by atoms with Crippen LogP contribution >= 0.6 is 23.1 Å². The van der Waals surface area contributed by atoms with Crippen LogP contribution in [0.4, 0.5) is 0 Å². The summed E-state index contributed by atoms with van der Waals surface area (Å²) in [5, 5.41) is 11.5. The molecule has 2 N–H and O–H groups in total. The Bertz CT molecular complexity index is 800. The molecule has 0 aliphatic carbocycles. The van der Waals surface area contributed by atoms with E-state index in [0.29, 0.717) is 6.54 Å². The Labute approximate surface area is 155 Å². The third-order valence-electron chi connectivity index (χ3n) is 3.72. The maximum absolute atomic E-state index is 11.2. The molecule has 0 saturated carbocycles. The quantitative estimate of drug-likeness (QED) is 0.460. The molecule has 0 aliphatic heterocycles. The molecule has 7 heteroatoms. The van der Waals surface area contributed by atoms with Crippen LogP contribution in [0.15, 0.2) is 53.0 Å². The average molecular weight is 373 g/mol. The maximum atomic E-state index is 11.2. The summed E-state index contributed by atoms with van der Waals surface area (Å²) in [6.45, 7) is 0.511. The number of amides is 1. The summed E-state index contributed by atoms with van der Waals surface area (Å²) in [7, 11) is 0. The zero-order valence-electron chi connectivity index (χ0n) is 13.8. The van der Waals surface area contributed by atoms with Gasteiger partial charge in [0.15, 0.2) is 11.0 Å². The number of primary amides is 1. The van der Waals surface area contributed by atoms with Crippen molar-refractivity contribution in [1.29, 1.82) is 0 Å². The number of nitrogens with zero attached hydrogens (tertiary/aromatic N) is 3. The fourth-order valence-corrected chi connectivity index (χ4v) is 4.11. The zero-order chi connectivity index (χ0) is 17.5. The van der Waals surface area contributed by atoms with Crippen LogP contribution in [0.1, 0.15) is 18.4 Å². The third kappa shape index (κ3) is 4.93. The van der Waals surface area contributed by atoms with Gasteiger partial charge in [-0.25, -0.2) is 0 Å². The van der Waals surface area contributed by atoms with Gasteiger partial charge in [0.05, 0.1) is 4.88 Å². The molecule has 0 radical (unpaired) electrons. The van der Waals surface area contributed by atoms with Crippen molar-refractivity contribution in [2.24, 2.45) is 5.73 Å². The summed E-state index contributed by atoms with van der Waals surface area (Å²) in [6.07, 6.45) is 2.39. The molecule has 0 atom stereocenters. The molecule has 130 valence electrons. The lowest BCUT2D eigenvalue weighted by atomic mass is 10.1. The lowest BCUT2D eigenvalue weighted by Crippen LogP contribution is -2.15. The van der Waals surface area contributed by atoms with Crippen LogP contribution in [-0.2, 0) is 17.8 Å². The smallest absolute Gasteiger partial charge is 0.219 e. The lowest BCUT2D eigenvalue weighted by Gasteiger charge is -2.08. The molecule has 3 aromatic rings. The Morgan fingerprint density at radius 3 is 2.72 bits per heavy atom. The highest BCUT2D eigenvalue weighted by Crippen LogP contribution is 2.28. The van der Waals surface area contributed by atoms with Crippen molar-refractivity contribution < 1.29 is 4.79 Å². The van der Waals surface area contributed by atoms with Crippen molar-refractivity contribution in [2.75, 3.05) is 5.75 Å². The van der Waals surface area contributed by atoms with E-state index >= 15 is 0 Å². The van der Waals surface area contributed by atoms with Gasteiger partial charge in [0.2, 0.25) is 5.91 Å². The Morgan fingerprint density at radius 2 is 2.00 bits per heavy atom. The average Bonchev–Trinajstić information content (AvgIpc) is 3.27. The molecular weight excluding hydrogens is 352 g/mol. The molecule has 1 amide bonds. The Kier molecular flexibility index (Phi) is 6.25. The van der Waals surface area contributed by atoms with E-state index in [-0.39, 0.29) is 12.3 Å². The summed E-state index contributed by atoms with van der Waals surface area (Å²) in [4.78, 5) is 12.2. The number of hydrogen-bond donors (Lipinski definition) is 1. The minimum Gasteiger partial charge on any atom is -0.370 e. The number of nitrogens with two attached hydrogens (primary N) is 1. The normalized spacial score (nSPS) is 10.9. The molecule has 25 heavy (non-hydrogen) atoms. The highest BCUT2D eigenvalue weighted by Gasteiger charge is 2.15. The largest absolute Gasteiger partial charge is 0.370 e. The van der Waals surface area contributed by atoms with Gasteiger partial charge in [0.1, 0.15) is 0 Å². The molecule has 0 unspecified atom stereocenters. The predicted octanol–water partition coefficient (Wildman–Crippen LogP) is 3.61. The van der Waals surface area contributed by atoms with Crippen LogP contribution in [0.3, 0.4) is 0 Å². The van der Waals surface area contributed by atoms with Crippen LogP contribution < -0.4 is 5.73 Å². The molecular formula is C18H20N4OS2. The van der Waals surface area contributed by atoms with E-state index in [0.717, 1.165) is 34.5 Å². The van der Waals surface area contributed by atoms with Gasteiger partial charge >= 0.3 is 0 Å². The van der Waals surface area contributed by atoms with Crippen molar-refractivity contribution in [3.8, 4) is 10.7 Å². The molecule has 0 fully saturated rings. The summed E-state index contributed by atoms with van der Waals surface area (Å²) in [5.41, 5.74) is 6.66. The highest BCUT2D eigenvalue weighted by atomic mass is 32.2. The first-order valence-electron chi connectivity index (χ1n) is 8.16. The molecule has 0 saturated heterocycles. The SMILES string of the molecule is NC(=O)CCn1c(SCCCc2ccccc2)nnc1-c1cccs1. The number of hydrogen-bond acceptors (Lipinski definition) is 5. The number of carbonyl (C=O) groups is 1. The first kappa shape index (κ1) is 17.7. The fraction of sp³-hybridized carbons (Fsp3) is 0.278. The van der Waals surface area contributed by atoms with E-state index < -0.39 is 0 Å². The maximum Gasteiger partial charge on any atom is 0.219 e. The number of thioether (sulfide) groups is 1. The van der Waals surface area contributed by atoms with E-state index in [2.05, 4.69) is 34.5 Å². The van der Waals surface area contributed by atoms with E-state index in [1.165, 1.54) is 5.56 Å². The minimum absolute atomic E-state index is 0.286. The van der Waals surface area contributed by atoms with Crippen LogP contribution in [0, 0.1) is 0 Å². The van der Waals surface area contributed by atoms with Gasteiger partial charge in [-0.15, -0.1) is 21.5 Å². The van der Waals surface area contributed by atoms with Crippen LogP contribution in [0.25, 0.3) is 10.7 Å². The molecule has 5 nitrogen and oxygen atoms in total. The second-order valence-corrected chi connectivity index (χ2v) is 7.60. The van der Waals surface area contributed by atoms with Gasteiger partial charge in [0.25, 0.3) is 0 Å². The van der Waals surface area contributed by atoms with Crippen molar-refractivity contribution in [2.45, 2.75) is 31.0 Å². The lowest BCUT2D eigenvalue weighted by molar-refractivity contribution is -0.118. The summed E-state index contributed by atoms with van der Waals surface area (Å²) in [6, 6.07) is 14.5. The van der Waals surface area contributed by atoms with Gasteiger partial charge in [-0.3, -0.25) is 4.79 Å². The molecule has 0 spiro atoms. The van der Waals surface area contributed by atoms with Crippen LogP contribution in [0.5, 0.6) is 0 Å². The van der Waals surface area contributed by atoms with E-state index in [9.17, 15) is 4.79 Å². The monoisotopic (exact) mass is 372 g/mol. The van der Waals surface area contributed by atoms with E-state index in [4.69, 9.17) is 5.73 Å². The number of aromatic nitrogens is 3. The van der Waals surface area contributed by atoms with E-state index in [1.807, 2.05) is 28.1 Å². The fourth-order valence-electron chi connectivity index (χ4n) is 2.49. The molecule has 1 aromatic carbocycles. The molecule has 2 heterocycles. The van der Waals surface area contributed by atoms with Crippen molar-refractivity contribution in [1.82, 2.24) is 14.8 Å². The first-order chi connectivity index (χ1) is 12.2. The summed E-state index contributed by atoms with van der Waals surface area (Å²) >= 11 is 3.29. The van der Waals surface area contributed by atoms with Crippen molar-refractivity contribution in [3.05, 3.63) is 53.4 Å². The predicted molar refractivity (Wildman–Crippen MR) is 103 cm³/mol. The third-order valence-corrected chi connectivity index (χ3v) is 5.64. The summed E-state index contributed by atoms with van der Waals surface area (Å²) < 4.78 is 2.00. The molecule has 3 rings (SSSR count). The first-order valence-corrected chi connectivity index (χ1v) is 10.0. The second-order valence-electron chi connectivity index (χ2n) is 5.59. The van der Waals surface area contributed by atoms with Crippen LogP contribution in [0.2, 0.25) is 0 Å². The molecule has 2 aromatic heterocycles. The molecule has 0 bridgehead atoms. The molecule has 0 aliphatic rings. The number of benzene rings is 1. The zero-order valence-corrected chi connectivity index (χ0v) is 15.4. The Hall–Kier alpha value is -2.12. The summed E-state index contributed by atoms with van der Waals surface area (Å²) in [5.74, 6) is 1.45. The van der Waals surface area contributed by atoms with Gasteiger partial charge in [-0.05, 0) is 29.9 Å². The number of rotatable bonds is 9. The van der Waals surface area contributed by atoms with Crippen molar-refractivity contribution >= 4 is 29.0 Å². The van der Waals surface area contributed by atoms with Crippen LogP contribution in [-0.4, -0.2) is 26.4 Å². The van der Waals surface area contributed by atoms with Gasteiger partial charge in [-0.1, -0.05) is 48.2 Å². The number of thiophene rings is 1. The van der Waals surface area contributed by atoms with Crippen molar-refractivity contribution in [3.63, 3.8) is 0 Å². The van der Waals surface area contributed by atoms with Gasteiger partial charge in [-0.2, -0.15) is 0 Å². The highest BCUT2D eigenvalue weighted by molar-refractivity contribution is 7.99. The Morgan fingerprint density at radius 1 is 1.16 bits per heavy atom. The van der Waals surface area contributed by atoms with Gasteiger partial charge < -0.3 is 10.3 Å². The second kappa shape index (κ2) is 8.82. The number of carbonyl (C=O) groups excluding carboxylic acids is 1. The van der Waals surface area contributed by atoms with E-state index in [1.54, 1.807) is 23.1 Å². The van der Waals surface area contributed by atoms with Gasteiger partial charge in [0, 0.05) is 18.7 Å². The Balaban J connectivity index is 1.64. The number of aryl methyl sites for hydroxylation is 1. The standard InChI is InChI=1S/C18H20N4OS2/c19-16(23)10-11-22-17(15-9-5-12-24-15)20-21-18(22)25-13-4-8-14-6-2-1-3-7-14/h1-3,5-7,9,12H,4,8,10-11,13H2,(H2,19,23). The topological polar surface area (TPSA) is 73.8 Å².